The van der Waals surface area contributed by atoms with Crippen LogP contribution >= 0.6 is 0 Å². The number of rotatable bonds is 5. The van der Waals surface area contributed by atoms with Gasteiger partial charge in [0.2, 0.25) is 0 Å². The van der Waals surface area contributed by atoms with Gasteiger partial charge in [-0.15, -0.1) is 0 Å². The van der Waals surface area contributed by atoms with Crippen molar-refractivity contribution in [3.05, 3.63) is 35.4 Å². The lowest BCUT2D eigenvalue weighted by Gasteiger charge is -2.27. The molecule has 0 radical (unpaired) electrons. The van der Waals surface area contributed by atoms with Crippen LogP contribution in [0.3, 0.4) is 0 Å². The van der Waals surface area contributed by atoms with Crippen molar-refractivity contribution in [2.24, 2.45) is 5.92 Å². The number of carboxylic acids is 1. The predicted molar refractivity (Wildman–Crippen MR) is 64.8 cm³/mol. The van der Waals surface area contributed by atoms with Crippen molar-refractivity contribution in [3.8, 4) is 0 Å². The van der Waals surface area contributed by atoms with Crippen LogP contribution in [0, 0.1) is 12.8 Å². The van der Waals surface area contributed by atoms with Gasteiger partial charge in [0, 0.05) is 0 Å². The lowest BCUT2D eigenvalue weighted by molar-refractivity contribution is -0.166. The number of carbonyl (C=O) groups is 1. The molecule has 92 valence electrons. The minimum atomic E-state index is -1.23. The van der Waals surface area contributed by atoms with Gasteiger partial charge in [-0.05, 0) is 43.7 Å². The van der Waals surface area contributed by atoms with Crippen molar-refractivity contribution < 1.29 is 14.6 Å². The fourth-order valence-electron chi connectivity index (χ4n) is 1.93. The summed E-state index contributed by atoms with van der Waals surface area (Å²) in [6, 6.07) is 7.50. The predicted octanol–water partition coefficient (Wildman–Crippen LogP) is 2.72. The lowest BCUT2D eigenvalue weighted by Crippen LogP contribution is -2.36. The zero-order valence-corrected chi connectivity index (χ0v) is 10.3. The van der Waals surface area contributed by atoms with Crippen molar-refractivity contribution in [2.45, 2.75) is 32.3 Å². The third kappa shape index (κ3) is 2.50. The van der Waals surface area contributed by atoms with E-state index in [0.717, 1.165) is 24.0 Å². The fourth-order valence-corrected chi connectivity index (χ4v) is 1.93. The molecule has 1 atom stereocenters. The number of ether oxygens (including phenoxy) is 1. The maximum absolute atomic E-state index is 11.5. The molecule has 1 fully saturated rings. The van der Waals surface area contributed by atoms with Crippen molar-refractivity contribution in [2.75, 3.05) is 6.61 Å². The van der Waals surface area contributed by atoms with E-state index in [0.29, 0.717) is 12.5 Å². The van der Waals surface area contributed by atoms with Gasteiger partial charge in [0.1, 0.15) is 0 Å². The molecule has 1 aromatic rings. The first-order valence-electron chi connectivity index (χ1n) is 5.97. The van der Waals surface area contributed by atoms with E-state index < -0.39 is 11.6 Å². The molecule has 3 heteroatoms. The molecule has 0 spiro atoms. The van der Waals surface area contributed by atoms with Gasteiger partial charge in [-0.25, -0.2) is 4.79 Å². The molecule has 1 aromatic carbocycles. The topological polar surface area (TPSA) is 46.5 Å². The highest BCUT2D eigenvalue weighted by Crippen LogP contribution is 2.34. The molecule has 1 unspecified atom stereocenters. The number of hydrogen-bond acceptors (Lipinski definition) is 2. The smallest absolute Gasteiger partial charge is 0.340 e. The molecular formula is C14H18O3. The molecule has 2 rings (SSSR count). The monoisotopic (exact) mass is 234 g/mol. The summed E-state index contributed by atoms with van der Waals surface area (Å²) in [6.45, 7) is 4.09. The summed E-state index contributed by atoms with van der Waals surface area (Å²) in [5, 5.41) is 9.42. The second-order valence-electron chi connectivity index (χ2n) is 4.91. The highest BCUT2D eigenvalue weighted by molar-refractivity contribution is 5.79. The van der Waals surface area contributed by atoms with Crippen LogP contribution in [-0.2, 0) is 15.1 Å². The van der Waals surface area contributed by atoms with Crippen LogP contribution in [0.15, 0.2) is 24.3 Å². The first-order chi connectivity index (χ1) is 8.04. The van der Waals surface area contributed by atoms with Gasteiger partial charge in [-0.3, -0.25) is 0 Å². The highest BCUT2D eigenvalue weighted by atomic mass is 16.5. The first kappa shape index (κ1) is 12.1. The van der Waals surface area contributed by atoms with Gasteiger partial charge in [-0.2, -0.15) is 0 Å². The number of hydrogen-bond donors (Lipinski definition) is 1. The Morgan fingerprint density at radius 3 is 2.65 bits per heavy atom. The maximum atomic E-state index is 11.5. The van der Waals surface area contributed by atoms with Gasteiger partial charge in [0.25, 0.3) is 0 Å². The highest BCUT2D eigenvalue weighted by Gasteiger charge is 2.39. The average Bonchev–Trinajstić information content (AvgIpc) is 3.10. The average molecular weight is 234 g/mol. The van der Waals surface area contributed by atoms with Crippen LogP contribution in [-0.4, -0.2) is 17.7 Å². The van der Waals surface area contributed by atoms with E-state index in [1.54, 1.807) is 6.92 Å². The van der Waals surface area contributed by atoms with Gasteiger partial charge in [-0.1, -0.05) is 24.3 Å². The summed E-state index contributed by atoms with van der Waals surface area (Å²) in [5.74, 6) is -0.370. The summed E-state index contributed by atoms with van der Waals surface area (Å²) in [4.78, 5) is 11.5. The Labute approximate surface area is 101 Å². The summed E-state index contributed by atoms with van der Waals surface area (Å²) in [7, 11) is 0. The van der Waals surface area contributed by atoms with Gasteiger partial charge in [0.15, 0.2) is 5.60 Å². The minimum absolute atomic E-state index is 0.539. The normalized spacial score (nSPS) is 18.7. The van der Waals surface area contributed by atoms with E-state index in [4.69, 9.17) is 4.74 Å². The Morgan fingerprint density at radius 1 is 1.47 bits per heavy atom. The summed E-state index contributed by atoms with van der Waals surface area (Å²) in [6.07, 6.45) is 2.31. The quantitative estimate of drug-likeness (QED) is 0.852. The number of carboxylic acid groups (broad SMARTS) is 1. The third-order valence-corrected chi connectivity index (χ3v) is 3.37. The minimum Gasteiger partial charge on any atom is -0.479 e. The van der Waals surface area contributed by atoms with Gasteiger partial charge >= 0.3 is 5.97 Å². The zero-order valence-electron chi connectivity index (χ0n) is 10.3. The summed E-state index contributed by atoms with van der Waals surface area (Å²) < 4.78 is 5.68. The molecule has 3 nitrogen and oxygen atoms in total. The van der Waals surface area contributed by atoms with E-state index in [1.165, 1.54) is 0 Å². The van der Waals surface area contributed by atoms with Crippen LogP contribution in [0.4, 0.5) is 0 Å². The maximum Gasteiger partial charge on any atom is 0.340 e. The molecule has 0 bridgehead atoms. The Balaban J connectivity index is 2.25. The molecule has 0 saturated heterocycles. The zero-order chi connectivity index (χ0) is 12.5. The summed E-state index contributed by atoms with van der Waals surface area (Å²) >= 11 is 0. The summed E-state index contributed by atoms with van der Waals surface area (Å²) in [5.41, 5.74) is 0.467. The lowest BCUT2D eigenvalue weighted by atomic mass is 9.92. The molecule has 0 amide bonds. The van der Waals surface area contributed by atoms with E-state index in [1.807, 2.05) is 31.2 Å². The van der Waals surface area contributed by atoms with Crippen LogP contribution in [0.5, 0.6) is 0 Å². The van der Waals surface area contributed by atoms with E-state index >= 15 is 0 Å². The Morgan fingerprint density at radius 2 is 2.12 bits per heavy atom. The molecule has 0 aliphatic heterocycles. The van der Waals surface area contributed by atoms with Crippen molar-refractivity contribution in [3.63, 3.8) is 0 Å². The largest absolute Gasteiger partial charge is 0.479 e. The second kappa shape index (κ2) is 4.49. The Hall–Kier alpha value is -1.35. The van der Waals surface area contributed by atoms with Crippen molar-refractivity contribution in [1.29, 1.82) is 0 Å². The number of aliphatic carboxylic acids is 1. The molecule has 0 aromatic heterocycles. The molecule has 1 aliphatic rings. The van der Waals surface area contributed by atoms with E-state index in [2.05, 4.69) is 0 Å². The fraction of sp³-hybridized carbons (Fsp3) is 0.500. The van der Waals surface area contributed by atoms with Crippen LogP contribution in [0.1, 0.15) is 30.9 Å². The standard InChI is InChI=1S/C14H18O3/c1-10-5-3-4-6-12(10)14(2,13(15)16)17-9-11-7-8-11/h3-6,11H,7-9H2,1-2H3,(H,15,16). The molecule has 1 aliphatic carbocycles. The van der Waals surface area contributed by atoms with Crippen molar-refractivity contribution in [1.82, 2.24) is 0 Å². The Kier molecular flexibility index (Phi) is 3.20. The molecule has 1 saturated carbocycles. The van der Waals surface area contributed by atoms with E-state index in [-0.39, 0.29) is 0 Å². The molecule has 0 heterocycles. The first-order valence-corrected chi connectivity index (χ1v) is 5.97. The van der Waals surface area contributed by atoms with Gasteiger partial charge < -0.3 is 9.84 Å². The Bertz CT molecular complexity index is 423. The molecule has 17 heavy (non-hydrogen) atoms. The molecular weight excluding hydrogens is 216 g/mol. The van der Waals surface area contributed by atoms with Gasteiger partial charge in [0.05, 0.1) is 6.61 Å². The third-order valence-electron chi connectivity index (χ3n) is 3.37. The number of aryl methyl sites for hydroxylation is 1. The second-order valence-corrected chi connectivity index (χ2v) is 4.91. The molecule has 1 N–H and O–H groups in total. The van der Waals surface area contributed by atoms with E-state index in [9.17, 15) is 9.90 Å². The van der Waals surface area contributed by atoms with Crippen LogP contribution in [0.25, 0.3) is 0 Å². The van der Waals surface area contributed by atoms with Crippen LogP contribution < -0.4 is 0 Å². The van der Waals surface area contributed by atoms with Crippen LogP contribution in [0.2, 0.25) is 0 Å². The number of benzene rings is 1. The SMILES string of the molecule is Cc1ccccc1C(C)(OCC1CC1)C(=O)O. The van der Waals surface area contributed by atoms with Crippen molar-refractivity contribution >= 4 is 5.97 Å².